The van der Waals surface area contributed by atoms with E-state index < -0.39 is 11.9 Å². The number of urea groups is 1. The SMILES string of the molecule is C=CCCC(NC(=O)N1CC(C)CC(C(=O)O)C1)c1ccccc1. The van der Waals surface area contributed by atoms with Gasteiger partial charge in [0.1, 0.15) is 0 Å². The minimum Gasteiger partial charge on any atom is -0.481 e. The lowest BCUT2D eigenvalue weighted by Gasteiger charge is -2.35. The van der Waals surface area contributed by atoms with Gasteiger partial charge in [-0.15, -0.1) is 6.58 Å². The maximum atomic E-state index is 12.7. The Bertz CT molecular complexity index is 573. The van der Waals surface area contributed by atoms with Crippen molar-refractivity contribution in [3.63, 3.8) is 0 Å². The molecular weight excluding hydrogens is 304 g/mol. The van der Waals surface area contributed by atoms with E-state index >= 15 is 0 Å². The summed E-state index contributed by atoms with van der Waals surface area (Å²) >= 11 is 0. The summed E-state index contributed by atoms with van der Waals surface area (Å²) in [5.74, 6) is -1.12. The molecule has 0 aromatic heterocycles. The molecule has 2 N–H and O–H groups in total. The van der Waals surface area contributed by atoms with E-state index in [2.05, 4.69) is 11.9 Å². The Balaban J connectivity index is 2.06. The summed E-state index contributed by atoms with van der Waals surface area (Å²) in [6.07, 6.45) is 4.03. The van der Waals surface area contributed by atoms with Gasteiger partial charge in [0.05, 0.1) is 12.0 Å². The van der Waals surface area contributed by atoms with Gasteiger partial charge in [-0.05, 0) is 30.7 Å². The molecule has 2 rings (SSSR count). The van der Waals surface area contributed by atoms with Gasteiger partial charge in [-0.2, -0.15) is 0 Å². The lowest BCUT2D eigenvalue weighted by atomic mass is 9.91. The number of piperidine rings is 1. The third-order valence-corrected chi connectivity index (χ3v) is 4.46. The van der Waals surface area contributed by atoms with E-state index in [1.807, 2.05) is 43.3 Å². The summed E-state index contributed by atoms with van der Waals surface area (Å²) < 4.78 is 0. The molecule has 5 heteroatoms. The first-order chi connectivity index (χ1) is 11.5. The van der Waals surface area contributed by atoms with Gasteiger partial charge in [-0.3, -0.25) is 4.79 Å². The number of carboxylic acid groups (broad SMARTS) is 1. The fraction of sp³-hybridized carbons (Fsp3) is 0.474. The third kappa shape index (κ3) is 4.85. The molecule has 2 amide bonds. The van der Waals surface area contributed by atoms with E-state index in [1.54, 1.807) is 4.90 Å². The number of carbonyl (C=O) groups excluding carboxylic acids is 1. The Labute approximate surface area is 143 Å². The lowest BCUT2D eigenvalue weighted by Crippen LogP contribution is -2.50. The summed E-state index contributed by atoms with van der Waals surface area (Å²) in [6, 6.07) is 9.54. The number of amides is 2. The van der Waals surface area contributed by atoms with Gasteiger partial charge < -0.3 is 15.3 Å². The normalized spacial score (nSPS) is 21.8. The number of rotatable bonds is 6. The maximum Gasteiger partial charge on any atom is 0.317 e. The molecule has 1 saturated heterocycles. The summed E-state index contributed by atoms with van der Waals surface area (Å²) in [5.41, 5.74) is 1.05. The van der Waals surface area contributed by atoms with Crippen LogP contribution in [0.2, 0.25) is 0 Å². The van der Waals surface area contributed by atoms with Crippen LogP contribution in [0.15, 0.2) is 43.0 Å². The number of allylic oxidation sites excluding steroid dienone is 1. The van der Waals surface area contributed by atoms with Crippen molar-refractivity contribution in [2.24, 2.45) is 11.8 Å². The van der Waals surface area contributed by atoms with E-state index in [9.17, 15) is 14.7 Å². The Morgan fingerprint density at radius 3 is 2.71 bits per heavy atom. The molecule has 1 aromatic rings. The van der Waals surface area contributed by atoms with Crippen LogP contribution < -0.4 is 5.32 Å². The highest BCUT2D eigenvalue weighted by Gasteiger charge is 2.32. The van der Waals surface area contributed by atoms with Crippen LogP contribution in [0.5, 0.6) is 0 Å². The van der Waals surface area contributed by atoms with Gasteiger partial charge >= 0.3 is 12.0 Å². The van der Waals surface area contributed by atoms with Crippen LogP contribution in [-0.4, -0.2) is 35.1 Å². The Kier molecular flexibility index (Phi) is 6.41. The van der Waals surface area contributed by atoms with Gasteiger partial charge in [0.2, 0.25) is 0 Å². The van der Waals surface area contributed by atoms with Crippen molar-refractivity contribution >= 4 is 12.0 Å². The van der Waals surface area contributed by atoms with E-state index in [0.717, 1.165) is 18.4 Å². The van der Waals surface area contributed by atoms with Crippen molar-refractivity contribution in [3.8, 4) is 0 Å². The summed E-state index contributed by atoms with van der Waals surface area (Å²) in [5, 5.41) is 12.3. The molecule has 0 aliphatic carbocycles. The van der Waals surface area contributed by atoms with Crippen LogP contribution in [0.3, 0.4) is 0 Å². The van der Waals surface area contributed by atoms with Gasteiger partial charge in [0.25, 0.3) is 0 Å². The molecule has 24 heavy (non-hydrogen) atoms. The zero-order chi connectivity index (χ0) is 17.5. The van der Waals surface area contributed by atoms with E-state index in [1.165, 1.54) is 0 Å². The summed E-state index contributed by atoms with van der Waals surface area (Å²) in [7, 11) is 0. The van der Waals surface area contributed by atoms with E-state index in [4.69, 9.17) is 0 Å². The number of nitrogens with one attached hydrogen (secondary N) is 1. The highest BCUT2D eigenvalue weighted by atomic mass is 16.4. The number of hydrogen-bond acceptors (Lipinski definition) is 2. The third-order valence-electron chi connectivity index (χ3n) is 4.46. The van der Waals surface area contributed by atoms with Crippen LogP contribution in [0.1, 0.15) is 37.8 Å². The Hall–Kier alpha value is -2.30. The zero-order valence-electron chi connectivity index (χ0n) is 14.1. The summed E-state index contributed by atoms with van der Waals surface area (Å²) in [6.45, 7) is 6.60. The predicted molar refractivity (Wildman–Crippen MR) is 93.6 cm³/mol. The minimum absolute atomic E-state index is 0.0998. The molecule has 0 bridgehead atoms. The first-order valence-electron chi connectivity index (χ1n) is 8.45. The Morgan fingerprint density at radius 1 is 1.38 bits per heavy atom. The molecule has 130 valence electrons. The molecule has 5 nitrogen and oxygen atoms in total. The van der Waals surface area contributed by atoms with Crippen molar-refractivity contribution in [2.75, 3.05) is 13.1 Å². The topological polar surface area (TPSA) is 69.6 Å². The fourth-order valence-corrected chi connectivity index (χ4v) is 3.23. The average Bonchev–Trinajstić information content (AvgIpc) is 2.58. The van der Waals surface area contributed by atoms with Crippen LogP contribution in [0.4, 0.5) is 4.79 Å². The van der Waals surface area contributed by atoms with Crippen molar-refractivity contribution < 1.29 is 14.7 Å². The molecule has 3 unspecified atom stereocenters. The zero-order valence-corrected chi connectivity index (χ0v) is 14.1. The number of carbonyl (C=O) groups is 2. The highest BCUT2D eigenvalue weighted by molar-refractivity contribution is 5.77. The first-order valence-corrected chi connectivity index (χ1v) is 8.45. The molecule has 3 atom stereocenters. The number of aliphatic carboxylic acids is 1. The molecule has 1 heterocycles. The number of likely N-dealkylation sites (tertiary alicyclic amines) is 1. The largest absolute Gasteiger partial charge is 0.481 e. The number of benzene rings is 1. The van der Waals surface area contributed by atoms with Crippen LogP contribution in [-0.2, 0) is 4.79 Å². The van der Waals surface area contributed by atoms with Crippen LogP contribution in [0.25, 0.3) is 0 Å². The molecule has 1 aliphatic heterocycles. The second-order valence-electron chi connectivity index (χ2n) is 6.56. The monoisotopic (exact) mass is 330 g/mol. The number of carboxylic acids is 1. The maximum absolute atomic E-state index is 12.7. The van der Waals surface area contributed by atoms with Gasteiger partial charge in [0.15, 0.2) is 0 Å². The van der Waals surface area contributed by atoms with Gasteiger partial charge in [-0.1, -0.05) is 43.3 Å². The summed E-state index contributed by atoms with van der Waals surface area (Å²) in [4.78, 5) is 25.6. The molecule has 1 aliphatic rings. The molecular formula is C19H26N2O3. The fourth-order valence-electron chi connectivity index (χ4n) is 3.23. The number of hydrogen-bond donors (Lipinski definition) is 2. The van der Waals surface area contributed by atoms with E-state index in [0.29, 0.717) is 13.0 Å². The van der Waals surface area contributed by atoms with Gasteiger partial charge in [0, 0.05) is 13.1 Å². The minimum atomic E-state index is -0.828. The standard InChI is InChI=1S/C19H26N2O3/c1-3-4-10-17(15-8-6-5-7-9-15)20-19(24)21-12-14(2)11-16(13-21)18(22)23/h3,5-9,14,16-17H,1,4,10-13H2,2H3,(H,20,24)(H,22,23). The van der Waals surface area contributed by atoms with Crippen molar-refractivity contribution in [1.29, 1.82) is 0 Å². The van der Waals surface area contributed by atoms with Gasteiger partial charge in [-0.25, -0.2) is 4.79 Å². The lowest BCUT2D eigenvalue weighted by molar-refractivity contribution is -0.143. The molecule has 0 radical (unpaired) electrons. The second kappa shape index (κ2) is 8.52. The molecule has 0 saturated carbocycles. The number of nitrogens with zero attached hydrogens (tertiary/aromatic N) is 1. The molecule has 1 fully saturated rings. The second-order valence-corrected chi connectivity index (χ2v) is 6.56. The first kappa shape index (κ1) is 18.0. The average molecular weight is 330 g/mol. The predicted octanol–water partition coefficient (Wildman–Crippen LogP) is 3.45. The van der Waals surface area contributed by atoms with Crippen LogP contribution >= 0.6 is 0 Å². The molecule has 0 spiro atoms. The van der Waals surface area contributed by atoms with Crippen molar-refractivity contribution in [1.82, 2.24) is 10.2 Å². The van der Waals surface area contributed by atoms with Crippen molar-refractivity contribution in [3.05, 3.63) is 48.6 Å². The molecule has 1 aromatic carbocycles. The smallest absolute Gasteiger partial charge is 0.317 e. The highest BCUT2D eigenvalue weighted by Crippen LogP contribution is 2.24. The van der Waals surface area contributed by atoms with Crippen LogP contribution in [0, 0.1) is 11.8 Å². The van der Waals surface area contributed by atoms with E-state index in [-0.39, 0.29) is 24.5 Å². The Morgan fingerprint density at radius 2 is 2.08 bits per heavy atom. The van der Waals surface area contributed by atoms with Crippen molar-refractivity contribution in [2.45, 2.75) is 32.2 Å². The quantitative estimate of drug-likeness (QED) is 0.785.